The Morgan fingerprint density at radius 1 is 1.17 bits per heavy atom. The van der Waals surface area contributed by atoms with Gasteiger partial charge in [-0.2, -0.15) is 0 Å². The SMILES string of the molecule is S=C(Nc1cccc(Cl)c1)N1CCn2cccc2[C@@H]1c1cccs1. The van der Waals surface area contributed by atoms with Gasteiger partial charge in [0.2, 0.25) is 0 Å². The molecule has 0 saturated heterocycles. The molecule has 0 radical (unpaired) electrons. The molecule has 0 amide bonds. The van der Waals surface area contributed by atoms with Crippen LogP contribution in [0.5, 0.6) is 0 Å². The van der Waals surface area contributed by atoms with Gasteiger partial charge in [-0.3, -0.25) is 0 Å². The summed E-state index contributed by atoms with van der Waals surface area (Å²) in [4.78, 5) is 3.56. The fourth-order valence-electron chi connectivity index (χ4n) is 3.11. The van der Waals surface area contributed by atoms with Gasteiger partial charge in [0.15, 0.2) is 5.11 Å². The first-order chi connectivity index (χ1) is 11.7. The van der Waals surface area contributed by atoms with Gasteiger partial charge in [-0.25, -0.2) is 0 Å². The fourth-order valence-corrected chi connectivity index (χ4v) is 4.46. The molecule has 122 valence electrons. The zero-order chi connectivity index (χ0) is 16.5. The van der Waals surface area contributed by atoms with Crippen molar-refractivity contribution in [3.8, 4) is 0 Å². The third-order valence-electron chi connectivity index (χ3n) is 4.19. The summed E-state index contributed by atoms with van der Waals surface area (Å²) in [6.07, 6.45) is 2.14. The van der Waals surface area contributed by atoms with Crippen LogP contribution in [-0.2, 0) is 6.54 Å². The van der Waals surface area contributed by atoms with Gasteiger partial charge < -0.3 is 14.8 Å². The predicted molar refractivity (Wildman–Crippen MR) is 105 cm³/mol. The molecule has 0 aliphatic carbocycles. The summed E-state index contributed by atoms with van der Waals surface area (Å²) in [5, 5.41) is 6.87. The van der Waals surface area contributed by atoms with E-state index < -0.39 is 0 Å². The van der Waals surface area contributed by atoms with Gasteiger partial charge in [0, 0.05) is 40.6 Å². The molecule has 2 aromatic heterocycles. The van der Waals surface area contributed by atoms with Crippen LogP contribution in [0.1, 0.15) is 16.6 Å². The fraction of sp³-hybridized carbons (Fsp3) is 0.167. The molecule has 0 unspecified atom stereocenters. The Hall–Kier alpha value is -1.82. The van der Waals surface area contributed by atoms with Crippen molar-refractivity contribution in [3.05, 3.63) is 75.7 Å². The van der Waals surface area contributed by atoms with Crippen LogP contribution in [0, 0.1) is 0 Å². The highest BCUT2D eigenvalue weighted by molar-refractivity contribution is 7.80. The minimum absolute atomic E-state index is 0.146. The summed E-state index contributed by atoms with van der Waals surface area (Å²) in [6, 6.07) is 16.3. The number of nitrogens with zero attached hydrogens (tertiary/aromatic N) is 2. The van der Waals surface area contributed by atoms with E-state index in [-0.39, 0.29) is 6.04 Å². The quantitative estimate of drug-likeness (QED) is 0.638. The smallest absolute Gasteiger partial charge is 0.174 e. The van der Waals surface area contributed by atoms with E-state index in [1.165, 1.54) is 10.6 Å². The first kappa shape index (κ1) is 15.7. The van der Waals surface area contributed by atoms with Crippen LogP contribution in [0.2, 0.25) is 5.02 Å². The maximum atomic E-state index is 6.08. The maximum absolute atomic E-state index is 6.08. The Morgan fingerprint density at radius 2 is 2.08 bits per heavy atom. The number of halogens is 1. The van der Waals surface area contributed by atoms with E-state index in [0.29, 0.717) is 5.02 Å². The second kappa shape index (κ2) is 6.59. The Morgan fingerprint density at radius 3 is 2.88 bits per heavy atom. The first-order valence-electron chi connectivity index (χ1n) is 7.74. The molecule has 1 atom stereocenters. The lowest BCUT2D eigenvalue weighted by Crippen LogP contribution is -2.44. The van der Waals surface area contributed by atoms with E-state index in [4.69, 9.17) is 23.8 Å². The number of anilines is 1. The topological polar surface area (TPSA) is 20.2 Å². The van der Waals surface area contributed by atoms with Crippen LogP contribution in [0.25, 0.3) is 0 Å². The van der Waals surface area contributed by atoms with E-state index in [2.05, 4.69) is 50.6 Å². The van der Waals surface area contributed by atoms with Crippen LogP contribution in [0.4, 0.5) is 5.69 Å². The number of hydrogen-bond donors (Lipinski definition) is 1. The zero-order valence-corrected chi connectivity index (χ0v) is 15.2. The number of benzene rings is 1. The Bertz CT molecular complexity index is 857. The summed E-state index contributed by atoms with van der Waals surface area (Å²) in [5.74, 6) is 0. The van der Waals surface area contributed by atoms with Gasteiger partial charge in [0.1, 0.15) is 6.04 Å². The minimum atomic E-state index is 0.146. The van der Waals surface area contributed by atoms with E-state index in [1.54, 1.807) is 11.3 Å². The van der Waals surface area contributed by atoms with Gasteiger partial charge in [-0.1, -0.05) is 23.7 Å². The van der Waals surface area contributed by atoms with Crippen molar-refractivity contribution in [2.75, 3.05) is 11.9 Å². The van der Waals surface area contributed by atoms with Crippen LogP contribution in [0.3, 0.4) is 0 Å². The molecular weight excluding hydrogens is 358 g/mol. The average molecular weight is 374 g/mol. The largest absolute Gasteiger partial charge is 0.347 e. The molecule has 0 fully saturated rings. The van der Waals surface area contributed by atoms with Crippen molar-refractivity contribution < 1.29 is 0 Å². The average Bonchev–Trinajstić information content (AvgIpc) is 3.25. The maximum Gasteiger partial charge on any atom is 0.174 e. The lowest BCUT2D eigenvalue weighted by molar-refractivity contribution is 0.297. The number of hydrogen-bond acceptors (Lipinski definition) is 2. The monoisotopic (exact) mass is 373 g/mol. The molecule has 24 heavy (non-hydrogen) atoms. The van der Waals surface area contributed by atoms with E-state index in [9.17, 15) is 0 Å². The van der Waals surface area contributed by atoms with E-state index in [0.717, 1.165) is 23.9 Å². The number of rotatable bonds is 2. The van der Waals surface area contributed by atoms with Crippen LogP contribution in [-0.4, -0.2) is 21.1 Å². The number of fused-ring (bicyclic) bond motifs is 1. The van der Waals surface area contributed by atoms with Crippen molar-refractivity contribution in [3.63, 3.8) is 0 Å². The standard InChI is InChI=1S/C18H16ClN3S2/c19-13-4-1-5-14(12-13)20-18(23)22-10-9-21-8-2-6-15(21)17(22)16-7-3-11-24-16/h1-8,11-12,17H,9-10H2,(H,20,23)/t17-/m1/s1. The second-order valence-corrected chi connectivity index (χ2v) is 7.48. The minimum Gasteiger partial charge on any atom is -0.347 e. The summed E-state index contributed by atoms with van der Waals surface area (Å²) in [7, 11) is 0. The molecular formula is C18H16ClN3S2. The molecule has 6 heteroatoms. The van der Waals surface area contributed by atoms with Crippen LogP contribution < -0.4 is 5.32 Å². The van der Waals surface area contributed by atoms with Crippen LogP contribution in [0.15, 0.2) is 60.1 Å². The van der Waals surface area contributed by atoms with Crippen molar-refractivity contribution in [1.82, 2.24) is 9.47 Å². The van der Waals surface area contributed by atoms with Crippen molar-refractivity contribution in [1.29, 1.82) is 0 Å². The Balaban J connectivity index is 1.65. The molecule has 0 spiro atoms. The van der Waals surface area contributed by atoms with Gasteiger partial charge >= 0.3 is 0 Å². The van der Waals surface area contributed by atoms with Gasteiger partial charge in [0.25, 0.3) is 0 Å². The van der Waals surface area contributed by atoms with E-state index >= 15 is 0 Å². The lowest BCUT2D eigenvalue weighted by Gasteiger charge is -2.38. The van der Waals surface area contributed by atoms with E-state index in [1.807, 2.05) is 24.3 Å². The highest BCUT2D eigenvalue weighted by atomic mass is 35.5. The molecule has 4 rings (SSSR count). The van der Waals surface area contributed by atoms with Crippen LogP contribution >= 0.6 is 35.2 Å². The molecule has 0 saturated carbocycles. The molecule has 1 aromatic carbocycles. The number of nitrogens with one attached hydrogen (secondary N) is 1. The Kier molecular flexibility index (Phi) is 4.31. The molecule has 3 heterocycles. The zero-order valence-electron chi connectivity index (χ0n) is 12.9. The molecule has 0 bridgehead atoms. The highest BCUT2D eigenvalue weighted by Gasteiger charge is 2.31. The first-order valence-corrected chi connectivity index (χ1v) is 9.40. The number of aromatic nitrogens is 1. The summed E-state index contributed by atoms with van der Waals surface area (Å²) < 4.78 is 2.31. The van der Waals surface area contributed by atoms with Gasteiger partial charge in [-0.15, -0.1) is 11.3 Å². The molecule has 1 aliphatic heterocycles. The third kappa shape index (κ3) is 2.95. The molecule has 3 nitrogen and oxygen atoms in total. The summed E-state index contributed by atoms with van der Waals surface area (Å²) in [5.41, 5.74) is 2.19. The normalized spacial score (nSPS) is 16.7. The summed E-state index contributed by atoms with van der Waals surface area (Å²) in [6.45, 7) is 1.80. The number of thiocarbonyl (C=S) groups is 1. The highest BCUT2D eigenvalue weighted by Crippen LogP contribution is 2.35. The molecule has 3 aromatic rings. The lowest BCUT2D eigenvalue weighted by atomic mass is 10.1. The van der Waals surface area contributed by atoms with Crippen molar-refractivity contribution in [2.24, 2.45) is 0 Å². The van der Waals surface area contributed by atoms with Gasteiger partial charge in [-0.05, 0) is 54.0 Å². The van der Waals surface area contributed by atoms with Crippen molar-refractivity contribution in [2.45, 2.75) is 12.6 Å². The van der Waals surface area contributed by atoms with Gasteiger partial charge in [0.05, 0.1) is 0 Å². The molecule has 1 N–H and O–H groups in total. The summed E-state index contributed by atoms with van der Waals surface area (Å²) >= 11 is 13.6. The Labute approximate surface area is 155 Å². The number of thiophene rings is 1. The molecule has 1 aliphatic rings. The second-order valence-electron chi connectivity index (χ2n) is 5.68. The third-order valence-corrected chi connectivity index (χ3v) is 5.68. The predicted octanol–water partition coefficient (Wildman–Crippen LogP) is 5.01. The van der Waals surface area contributed by atoms with Crippen molar-refractivity contribution >= 4 is 46.0 Å².